The number of ether oxygens (including phenoxy) is 2. The van der Waals surface area contributed by atoms with Crippen LogP contribution >= 0.6 is 15.9 Å². The molecule has 0 bridgehead atoms. The van der Waals surface area contributed by atoms with Crippen LogP contribution in [0.2, 0.25) is 0 Å². The highest BCUT2D eigenvalue weighted by Crippen LogP contribution is 2.30. The molecule has 0 saturated heterocycles. The fourth-order valence-electron chi connectivity index (χ4n) is 3.87. The van der Waals surface area contributed by atoms with Gasteiger partial charge in [-0.05, 0) is 49.9 Å². The number of carbonyl (C=O) groups is 1. The lowest BCUT2D eigenvalue weighted by Crippen LogP contribution is -2.16. The van der Waals surface area contributed by atoms with E-state index in [0.717, 1.165) is 23.7 Å². The van der Waals surface area contributed by atoms with Crippen LogP contribution in [-0.2, 0) is 11.8 Å². The Morgan fingerprint density at radius 3 is 2.78 bits per heavy atom. The number of esters is 1. The molecule has 36 heavy (non-hydrogen) atoms. The van der Waals surface area contributed by atoms with Gasteiger partial charge < -0.3 is 14.8 Å². The molecule has 0 aliphatic heterocycles. The van der Waals surface area contributed by atoms with E-state index in [9.17, 15) is 14.9 Å². The van der Waals surface area contributed by atoms with Crippen molar-refractivity contribution in [3.63, 3.8) is 0 Å². The number of nitro benzene ring substituents is 1. The van der Waals surface area contributed by atoms with Gasteiger partial charge >= 0.3 is 5.97 Å². The molecule has 1 atom stereocenters. The topological polar surface area (TPSA) is 121 Å². The zero-order valence-electron chi connectivity index (χ0n) is 20.8. The van der Waals surface area contributed by atoms with Crippen LogP contribution in [0.4, 0.5) is 11.4 Å². The molecule has 2 heterocycles. The van der Waals surface area contributed by atoms with Crippen LogP contribution in [0.5, 0.6) is 5.88 Å². The summed E-state index contributed by atoms with van der Waals surface area (Å²) in [6.07, 6.45) is 4.27. The van der Waals surface area contributed by atoms with Gasteiger partial charge in [0.1, 0.15) is 5.69 Å². The first kappa shape index (κ1) is 27.1. The standard InChI is InChI=1S/C25H30BrN5O5/c1-5-17(14-27-22-13-19(26)8-9-23(22)31(33)34)7-6-10-36-24-20(15-28-30(24)3)21-12-18(25(32)35-4)11-16(2)29-21/h8-9,11-13,15,17,27H,5-7,10,14H2,1-4H3. The van der Waals surface area contributed by atoms with Crippen molar-refractivity contribution in [2.75, 3.05) is 25.6 Å². The highest BCUT2D eigenvalue weighted by atomic mass is 79.9. The van der Waals surface area contributed by atoms with Gasteiger partial charge in [-0.2, -0.15) is 5.10 Å². The van der Waals surface area contributed by atoms with Crippen LogP contribution in [0.25, 0.3) is 11.3 Å². The molecule has 3 aromatic rings. The Hall–Kier alpha value is -3.47. The van der Waals surface area contributed by atoms with Crippen molar-refractivity contribution in [1.29, 1.82) is 0 Å². The van der Waals surface area contributed by atoms with Crippen molar-refractivity contribution in [2.45, 2.75) is 33.1 Å². The summed E-state index contributed by atoms with van der Waals surface area (Å²) in [4.78, 5) is 27.5. The molecule has 0 aliphatic rings. The van der Waals surface area contributed by atoms with Crippen LogP contribution in [-0.4, -0.2) is 45.9 Å². The third kappa shape index (κ3) is 6.81. The van der Waals surface area contributed by atoms with Crippen LogP contribution in [0.15, 0.2) is 41.0 Å². The first-order chi connectivity index (χ1) is 17.2. The summed E-state index contributed by atoms with van der Waals surface area (Å²) in [5.74, 6) is 0.458. The average molecular weight is 560 g/mol. The summed E-state index contributed by atoms with van der Waals surface area (Å²) >= 11 is 3.37. The van der Waals surface area contributed by atoms with E-state index in [1.54, 1.807) is 42.2 Å². The molecular formula is C25H30BrN5O5. The number of nitrogens with zero attached hydrogens (tertiary/aromatic N) is 4. The van der Waals surface area contributed by atoms with E-state index >= 15 is 0 Å². The van der Waals surface area contributed by atoms with E-state index in [2.05, 4.69) is 38.3 Å². The maximum Gasteiger partial charge on any atom is 0.337 e. The number of halogens is 1. The summed E-state index contributed by atoms with van der Waals surface area (Å²) in [6.45, 7) is 5.00. The first-order valence-electron chi connectivity index (χ1n) is 11.6. The second kappa shape index (κ2) is 12.5. The van der Waals surface area contributed by atoms with Gasteiger partial charge in [-0.15, -0.1) is 0 Å². The number of anilines is 1. The average Bonchev–Trinajstić information content (AvgIpc) is 3.22. The quantitative estimate of drug-likeness (QED) is 0.133. The molecule has 0 radical (unpaired) electrons. The normalized spacial score (nSPS) is 11.7. The molecule has 10 nitrogen and oxygen atoms in total. The number of aryl methyl sites for hydroxylation is 2. The molecule has 11 heteroatoms. The third-order valence-corrected chi connectivity index (χ3v) is 6.34. The smallest absolute Gasteiger partial charge is 0.337 e. The summed E-state index contributed by atoms with van der Waals surface area (Å²) < 4.78 is 13.3. The second-order valence-corrected chi connectivity index (χ2v) is 9.34. The molecule has 0 amide bonds. The van der Waals surface area contributed by atoms with E-state index < -0.39 is 5.97 Å². The zero-order chi connectivity index (χ0) is 26.2. The summed E-state index contributed by atoms with van der Waals surface area (Å²) in [5, 5.41) is 18.9. The highest BCUT2D eigenvalue weighted by molar-refractivity contribution is 9.10. The molecule has 1 N–H and O–H groups in total. The van der Waals surface area contributed by atoms with E-state index in [-0.39, 0.29) is 10.6 Å². The van der Waals surface area contributed by atoms with E-state index in [1.807, 2.05) is 6.92 Å². The van der Waals surface area contributed by atoms with E-state index in [4.69, 9.17) is 9.47 Å². The monoisotopic (exact) mass is 559 g/mol. The fraction of sp³-hybridized carbons (Fsp3) is 0.400. The molecule has 3 rings (SSSR count). The SMILES string of the molecule is CCC(CCCOc1c(-c2cc(C(=O)OC)cc(C)n2)cnn1C)CNc1cc(Br)ccc1[N+](=O)[O-]. The number of nitro groups is 1. The Kier molecular flexibility index (Phi) is 9.40. The minimum Gasteiger partial charge on any atom is -0.477 e. The van der Waals surface area contributed by atoms with Gasteiger partial charge in [-0.1, -0.05) is 29.3 Å². The van der Waals surface area contributed by atoms with Crippen LogP contribution in [0.3, 0.4) is 0 Å². The molecule has 2 aromatic heterocycles. The Balaban J connectivity index is 1.61. The van der Waals surface area contributed by atoms with Gasteiger partial charge in [0, 0.05) is 29.8 Å². The molecule has 0 saturated carbocycles. The van der Waals surface area contributed by atoms with Gasteiger partial charge in [0.2, 0.25) is 5.88 Å². The number of pyridine rings is 1. The number of methoxy groups -OCH3 is 1. The minimum atomic E-state index is -0.430. The molecular weight excluding hydrogens is 530 g/mol. The lowest BCUT2D eigenvalue weighted by Gasteiger charge is -2.17. The summed E-state index contributed by atoms with van der Waals surface area (Å²) in [5.41, 5.74) is 2.94. The number of aromatic nitrogens is 3. The number of rotatable bonds is 12. The Bertz CT molecular complexity index is 1230. The number of hydrogen-bond acceptors (Lipinski definition) is 8. The Morgan fingerprint density at radius 1 is 1.31 bits per heavy atom. The van der Waals surface area contributed by atoms with E-state index in [1.165, 1.54) is 13.2 Å². The Morgan fingerprint density at radius 2 is 2.08 bits per heavy atom. The predicted molar refractivity (Wildman–Crippen MR) is 140 cm³/mol. The third-order valence-electron chi connectivity index (χ3n) is 5.84. The first-order valence-corrected chi connectivity index (χ1v) is 12.4. The van der Waals surface area contributed by atoms with Crippen molar-refractivity contribution < 1.29 is 19.2 Å². The number of hydrogen-bond donors (Lipinski definition) is 1. The van der Waals surface area contributed by atoms with Crippen molar-refractivity contribution in [3.05, 3.63) is 62.4 Å². The number of carbonyl (C=O) groups excluding carboxylic acids is 1. The van der Waals surface area contributed by atoms with Crippen molar-refractivity contribution in [3.8, 4) is 17.1 Å². The fourth-order valence-corrected chi connectivity index (χ4v) is 4.23. The maximum atomic E-state index is 12.0. The van der Waals surface area contributed by atoms with Crippen LogP contribution in [0.1, 0.15) is 42.2 Å². The largest absolute Gasteiger partial charge is 0.477 e. The molecule has 0 fully saturated rings. The van der Waals surface area contributed by atoms with Gasteiger partial charge in [0.05, 0.1) is 41.7 Å². The minimum absolute atomic E-state index is 0.0558. The Labute approximate surface area is 218 Å². The van der Waals surface area contributed by atoms with Gasteiger partial charge in [0.25, 0.3) is 5.69 Å². The van der Waals surface area contributed by atoms with Crippen molar-refractivity contribution in [1.82, 2.24) is 14.8 Å². The summed E-state index contributed by atoms with van der Waals surface area (Å²) in [6, 6.07) is 8.22. The molecule has 1 unspecified atom stereocenters. The highest BCUT2D eigenvalue weighted by Gasteiger charge is 2.18. The maximum absolute atomic E-state index is 12.0. The second-order valence-electron chi connectivity index (χ2n) is 8.43. The predicted octanol–water partition coefficient (Wildman–Crippen LogP) is 5.55. The van der Waals surface area contributed by atoms with Gasteiger partial charge in [0.15, 0.2) is 0 Å². The molecule has 0 spiro atoms. The zero-order valence-corrected chi connectivity index (χ0v) is 22.4. The lowest BCUT2D eigenvalue weighted by atomic mass is 10.0. The molecule has 1 aromatic carbocycles. The number of nitrogens with one attached hydrogen (secondary N) is 1. The van der Waals surface area contributed by atoms with Crippen LogP contribution in [0, 0.1) is 23.0 Å². The molecule has 192 valence electrons. The van der Waals surface area contributed by atoms with Crippen molar-refractivity contribution in [2.24, 2.45) is 13.0 Å². The number of benzene rings is 1. The van der Waals surface area contributed by atoms with Gasteiger partial charge in [-0.3, -0.25) is 15.1 Å². The van der Waals surface area contributed by atoms with Crippen LogP contribution < -0.4 is 10.1 Å². The summed E-state index contributed by atoms with van der Waals surface area (Å²) in [7, 11) is 3.13. The van der Waals surface area contributed by atoms with E-state index in [0.29, 0.717) is 53.2 Å². The lowest BCUT2D eigenvalue weighted by molar-refractivity contribution is -0.384. The van der Waals surface area contributed by atoms with Crippen molar-refractivity contribution >= 4 is 33.3 Å². The molecule has 0 aliphatic carbocycles. The van der Waals surface area contributed by atoms with Gasteiger partial charge in [-0.25, -0.2) is 9.48 Å².